The molecule has 1 saturated heterocycles. The fourth-order valence-corrected chi connectivity index (χ4v) is 3.77. The molecule has 9 heteroatoms. The van der Waals surface area contributed by atoms with Crippen LogP contribution in [0.4, 0.5) is 0 Å². The van der Waals surface area contributed by atoms with Gasteiger partial charge < -0.3 is 34.1 Å². The van der Waals surface area contributed by atoms with Gasteiger partial charge in [-0.2, -0.15) is 0 Å². The van der Waals surface area contributed by atoms with Gasteiger partial charge >= 0.3 is 0 Å². The van der Waals surface area contributed by atoms with E-state index < -0.39 is 0 Å². The number of thiocarbonyl (C=S) groups is 1. The molecule has 0 saturated carbocycles. The molecule has 8 nitrogen and oxygen atoms in total. The van der Waals surface area contributed by atoms with E-state index in [1.54, 1.807) is 27.4 Å². The van der Waals surface area contributed by atoms with Gasteiger partial charge in [-0.1, -0.05) is 0 Å². The van der Waals surface area contributed by atoms with Crippen LogP contribution in [0, 0.1) is 0 Å². The molecule has 2 heterocycles. The summed E-state index contributed by atoms with van der Waals surface area (Å²) in [6.45, 7) is 2.91. The van der Waals surface area contributed by atoms with E-state index in [0.717, 1.165) is 24.8 Å². The number of hydrogen-bond donors (Lipinski definition) is 2. The lowest BCUT2D eigenvalue weighted by Crippen LogP contribution is -2.44. The molecule has 0 bridgehead atoms. The minimum Gasteiger partial charge on any atom is -0.493 e. The van der Waals surface area contributed by atoms with E-state index >= 15 is 0 Å². The summed E-state index contributed by atoms with van der Waals surface area (Å²) in [5.41, 5.74) is 1.14. The van der Waals surface area contributed by atoms with E-state index in [2.05, 4.69) is 10.3 Å². The molecule has 0 radical (unpaired) electrons. The number of aromatic nitrogens is 1. The van der Waals surface area contributed by atoms with Gasteiger partial charge in [0.25, 0.3) is 5.56 Å². The second-order valence-corrected chi connectivity index (χ2v) is 7.55. The maximum absolute atomic E-state index is 12.8. The molecule has 1 aromatic heterocycles. The number of rotatable bonds is 9. The van der Waals surface area contributed by atoms with Crippen LogP contribution in [0.25, 0.3) is 10.9 Å². The predicted molar refractivity (Wildman–Crippen MR) is 120 cm³/mol. The zero-order chi connectivity index (χ0) is 21.5. The molecule has 1 aliphatic rings. The topological polar surface area (TPSA) is 85.1 Å². The standard InChI is InChI=1S/C21H29N3O5S/c1-26-8-6-22-21(30)24(13-16-5-4-7-29-16)12-15-9-14-10-18(27-2)19(28-3)11-17(14)23-20(15)25/h9-11,16H,4-8,12-13H2,1-3H3,(H,22,30)(H,23,25). The average molecular weight is 436 g/mol. The number of H-pyrrole nitrogens is 1. The number of methoxy groups -OCH3 is 3. The Morgan fingerprint density at radius 1 is 1.27 bits per heavy atom. The molecule has 1 unspecified atom stereocenters. The third-order valence-electron chi connectivity index (χ3n) is 5.10. The highest BCUT2D eigenvalue weighted by Crippen LogP contribution is 2.31. The largest absolute Gasteiger partial charge is 0.493 e. The average Bonchev–Trinajstić information content (AvgIpc) is 3.26. The molecular weight excluding hydrogens is 406 g/mol. The van der Waals surface area contributed by atoms with Crippen molar-refractivity contribution in [3.63, 3.8) is 0 Å². The van der Waals surface area contributed by atoms with Crippen molar-refractivity contribution in [1.82, 2.24) is 15.2 Å². The highest BCUT2D eigenvalue weighted by molar-refractivity contribution is 7.80. The molecule has 0 aliphatic carbocycles. The number of fused-ring (bicyclic) bond motifs is 1. The fraction of sp³-hybridized carbons (Fsp3) is 0.524. The Morgan fingerprint density at radius 3 is 2.70 bits per heavy atom. The Morgan fingerprint density at radius 2 is 2.03 bits per heavy atom. The molecule has 1 atom stereocenters. The molecule has 1 aromatic carbocycles. The van der Waals surface area contributed by atoms with Crippen molar-refractivity contribution in [3.8, 4) is 11.5 Å². The van der Waals surface area contributed by atoms with Crippen molar-refractivity contribution in [1.29, 1.82) is 0 Å². The van der Waals surface area contributed by atoms with Gasteiger partial charge in [0, 0.05) is 43.8 Å². The van der Waals surface area contributed by atoms with Crippen LogP contribution >= 0.6 is 12.2 Å². The molecule has 0 amide bonds. The second-order valence-electron chi connectivity index (χ2n) is 7.16. The SMILES string of the molecule is COCCNC(=S)N(Cc1cc2cc(OC)c(OC)cc2[nH]c1=O)CC1CCCO1. The predicted octanol–water partition coefficient (Wildman–Crippen LogP) is 2.05. The zero-order valence-electron chi connectivity index (χ0n) is 17.7. The summed E-state index contributed by atoms with van der Waals surface area (Å²) in [5.74, 6) is 1.17. The smallest absolute Gasteiger partial charge is 0.253 e. The molecule has 2 N–H and O–H groups in total. The van der Waals surface area contributed by atoms with Crippen LogP contribution in [0.3, 0.4) is 0 Å². The van der Waals surface area contributed by atoms with Crippen molar-refractivity contribution >= 4 is 28.2 Å². The number of benzene rings is 1. The normalized spacial score (nSPS) is 15.9. The summed E-state index contributed by atoms with van der Waals surface area (Å²) in [4.78, 5) is 17.7. The third kappa shape index (κ3) is 5.41. The first kappa shape index (κ1) is 22.3. The number of ether oxygens (including phenoxy) is 4. The van der Waals surface area contributed by atoms with Crippen LogP contribution in [0.1, 0.15) is 18.4 Å². The lowest BCUT2D eigenvalue weighted by molar-refractivity contribution is 0.0895. The van der Waals surface area contributed by atoms with Crippen LogP contribution in [-0.2, 0) is 16.0 Å². The molecule has 164 valence electrons. The van der Waals surface area contributed by atoms with Gasteiger partial charge in [0.2, 0.25) is 0 Å². The summed E-state index contributed by atoms with van der Waals surface area (Å²) >= 11 is 5.59. The van der Waals surface area contributed by atoms with Crippen LogP contribution < -0.4 is 20.3 Å². The Bertz CT molecular complexity index is 927. The van der Waals surface area contributed by atoms with E-state index in [1.165, 1.54) is 0 Å². The molecule has 3 rings (SSSR count). The summed E-state index contributed by atoms with van der Waals surface area (Å²) < 4.78 is 21.6. The Labute approximate surface area is 181 Å². The summed E-state index contributed by atoms with van der Waals surface area (Å²) in [5, 5.41) is 4.63. The highest BCUT2D eigenvalue weighted by atomic mass is 32.1. The monoisotopic (exact) mass is 435 g/mol. The van der Waals surface area contributed by atoms with Crippen molar-refractivity contribution in [2.24, 2.45) is 0 Å². The highest BCUT2D eigenvalue weighted by Gasteiger charge is 2.22. The number of nitrogens with one attached hydrogen (secondary N) is 2. The molecule has 1 aliphatic heterocycles. The Kier molecular flexibility index (Phi) is 7.89. The van der Waals surface area contributed by atoms with Crippen molar-refractivity contribution < 1.29 is 18.9 Å². The maximum atomic E-state index is 12.8. The minimum absolute atomic E-state index is 0.107. The first-order valence-electron chi connectivity index (χ1n) is 9.97. The quantitative estimate of drug-likeness (QED) is 0.457. The van der Waals surface area contributed by atoms with Crippen LogP contribution in [0.15, 0.2) is 23.0 Å². The van der Waals surface area contributed by atoms with Crippen molar-refractivity contribution in [2.45, 2.75) is 25.5 Å². The van der Waals surface area contributed by atoms with Crippen molar-refractivity contribution in [2.75, 3.05) is 47.6 Å². The minimum atomic E-state index is -0.160. The summed E-state index contributed by atoms with van der Waals surface area (Å²) in [6, 6.07) is 5.49. The van der Waals surface area contributed by atoms with E-state index in [0.29, 0.717) is 53.9 Å². The van der Waals surface area contributed by atoms with E-state index in [4.69, 9.17) is 31.2 Å². The van der Waals surface area contributed by atoms with Crippen molar-refractivity contribution in [3.05, 3.63) is 34.1 Å². The van der Waals surface area contributed by atoms with Gasteiger partial charge in [0.15, 0.2) is 16.6 Å². The first-order chi connectivity index (χ1) is 14.5. The van der Waals surface area contributed by atoms with Gasteiger partial charge in [0.1, 0.15) is 0 Å². The van der Waals surface area contributed by atoms with E-state index in [-0.39, 0.29) is 11.7 Å². The first-order valence-corrected chi connectivity index (χ1v) is 10.4. The fourth-order valence-electron chi connectivity index (χ4n) is 3.53. The number of nitrogens with zero attached hydrogens (tertiary/aromatic N) is 1. The molecule has 2 aromatic rings. The zero-order valence-corrected chi connectivity index (χ0v) is 18.5. The van der Waals surface area contributed by atoms with Gasteiger partial charge in [-0.15, -0.1) is 0 Å². The molecule has 30 heavy (non-hydrogen) atoms. The summed E-state index contributed by atoms with van der Waals surface area (Å²) in [7, 11) is 4.80. The second kappa shape index (κ2) is 10.6. The molecule has 0 spiro atoms. The molecular formula is C21H29N3O5S. The Hall–Kier alpha value is -2.36. The van der Waals surface area contributed by atoms with Crippen LogP contribution in [-0.4, -0.2) is 68.7 Å². The van der Waals surface area contributed by atoms with Crippen LogP contribution in [0.5, 0.6) is 11.5 Å². The van der Waals surface area contributed by atoms with Crippen LogP contribution in [0.2, 0.25) is 0 Å². The lowest BCUT2D eigenvalue weighted by Gasteiger charge is -2.28. The number of pyridine rings is 1. The van der Waals surface area contributed by atoms with Gasteiger partial charge in [0.05, 0.1) is 39.0 Å². The number of hydrogen-bond acceptors (Lipinski definition) is 6. The Balaban J connectivity index is 1.86. The lowest BCUT2D eigenvalue weighted by atomic mass is 10.1. The summed E-state index contributed by atoms with van der Waals surface area (Å²) in [6.07, 6.45) is 2.14. The van der Waals surface area contributed by atoms with Gasteiger partial charge in [-0.3, -0.25) is 4.79 Å². The van der Waals surface area contributed by atoms with Gasteiger partial charge in [-0.05, 0) is 37.2 Å². The maximum Gasteiger partial charge on any atom is 0.253 e. The third-order valence-corrected chi connectivity index (χ3v) is 5.51. The number of aromatic amines is 1. The molecule has 1 fully saturated rings. The van der Waals surface area contributed by atoms with E-state index in [9.17, 15) is 4.79 Å². The van der Waals surface area contributed by atoms with Gasteiger partial charge in [-0.25, -0.2) is 0 Å². The van der Waals surface area contributed by atoms with E-state index in [1.807, 2.05) is 17.0 Å².